The molecule has 0 radical (unpaired) electrons. The molecule has 0 aromatic heterocycles. The minimum atomic E-state index is -3.20. The van der Waals surface area contributed by atoms with Crippen LogP contribution < -0.4 is 0 Å². The number of carboxylic acid groups (broad SMARTS) is 1. The Morgan fingerprint density at radius 3 is 2.41 bits per heavy atom. The first-order chi connectivity index (χ1) is 7.71. The smallest absolute Gasteiger partial charge is 0.306 e. The number of benzene rings is 1. The number of sulfone groups is 1. The van der Waals surface area contributed by atoms with Gasteiger partial charge in [-0.3, -0.25) is 4.79 Å². The van der Waals surface area contributed by atoms with Crippen molar-refractivity contribution in [2.75, 3.05) is 6.26 Å². The van der Waals surface area contributed by atoms with Gasteiger partial charge >= 0.3 is 5.97 Å². The Bertz CT molecular complexity index is 531. The van der Waals surface area contributed by atoms with Gasteiger partial charge in [0.2, 0.25) is 0 Å². The van der Waals surface area contributed by atoms with Gasteiger partial charge in [-0.2, -0.15) is 0 Å². The number of carboxylic acids is 1. The van der Waals surface area contributed by atoms with Crippen LogP contribution >= 0.6 is 0 Å². The first-order valence-corrected chi connectivity index (χ1v) is 7.13. The molecule has 0 saturated heterocycles. The van der Waals surface area contributed by atoms with Crippen LogP contribution in [0.25, 0.3) is 0 Å². The fourth-order valence-corrected chi connectivity index (χ4v) is 2.25. The summed E-state index contributed by atoms with van der Waals surface area (Å²) in [5.41, 5.74) is 1.67. The van der Waals surface area contributed by atoms with Crippen molar-refractivity contribution < 1.29 is 18.3 Å². The highest BCUT2D eigenvalue weighted by Gasteiger charge is 2.14. The van der Waals surface area contributed by atoms with E-state index in [1.54, 1.807) is 26.0 Å². The van der Waals surface area contributed by atoms with Gasteiger partial charge in [0.15, 0.2) is 9.84 Å². The minimum absolute atomic E-state index is 0.265. The second kappa shape index (κ2) is 4.87. The van der Waals surface area contributed by atoms with E-state index in [2.05, 4.69) is 0 Å². The van der Waals surface area contributed by atoms with Crippen molar-refractivity contribution in [3.63, 3.8) is 0 Å². The maximum Gasteiger partial charge on any atom is 0.306 e. The summed E-state index contributed by atoms with van der Waals surface area (Å²) in [5.74, 6) is -1.32. The van der Waals surface area contributed by atoms with Gasteiger partial charge in [-0.1, -0.05) is 13.0 Å². The molecule has 0 saturated carbocycles. The minimum Gasteiger partial charge on any atom is -0.481 e. The third-order valence-electron chi connectivity index (χ3n) is 2.69. The second-order valence-corrected chi connectivity index (χ2v) is 6.32. The van der Waals surface area contributed by atoms with Crippen LogP contribution in [0.4, 0.5) is 0 Å². The van der Waals surface area contributed by atoms with Gasteiger partial charge in [-0.05, 0) is 36.6 Å². The van der Waals surface area contributed by atoms with Crippen LogP contribution in [0.15, 0.2) is 23.1 Å². The zero-order valence-corrected chi connectivity index (χ0v) is 10.9. The first-order valence-electron chi connectivity index (χ1n) is 5.24. The number of hydrogen-bond donors (Lipinski definition) is 1. The zero-order valence-electron chi connectivity index (χ0n) is 10.1. The number of carbonyl (C=O) groups is 1. The highest BCUT2D eigenvalue weighted by Crippen LogP contribution is 2.18. The molecule has 0 aliphatic heterocycles. The van der Waals surface area contributed by atoms with Crippen LogP contribution in [0, 0.1) is 12.8 Å². The Kier molecular flexibility index (Phi) is 3.93. The zero-order chi connectivity index (χ0) is 13.2. The Balaban J connectivity index is 3.03. The SMILES string of the molecule is Cc1cc(S(C)(=O)=O)ccc1CC(C)C(=O)O. The van der Waals surface area contributed by atoms with Crippen molar-refractivity contribution in [1.82, 2.24) is 0 Å². The summed E-state index contributed by atoms with van der Waals surface area (Å²) in [7, 11) is -3.20. The van der Waals surface area contributed by atoms with Gasteiger partial charge in [0, 0.05) is 6.26 Å². The van der Waals surface area contributed by atoms with E-state index < -0.39 is 21.7 Å². The molecule has 0 fully saturated rings. The summed E-state index contributed by atoms with van der Waals surface area (Å²) in [4.78, 5) is 11.0. The summed E-state index contributed by atoms with van der Waals surface area (Å²) >= 11 is 0. The fourth-order valence-electron chi connectivity index (χ4n) is 1.55. The molecular weight excluding hydrogens is 240 g/mol. The highest BCUT2D eigenvalue weighted by molar-refractivity contribution is 7.90. The van der Waals surface area contributed by atoms with Gasteiger partial charge in [-0.15, -0.1) is 0 Å². The predicted molar refractivity (Wildman–Crippen MR) is 64.8 cm³/mol. The van der Waals surface area contributed by atoms with E-state index in [9.17, 15) is 13.2 Å². The molecular formula is C12H16O4S. The molecule has 1 aromatic carbocycles. The molecule has 0 aliphatic carbocycles. The van der Waals surface area contributed by atoms with Gasteiger partial charge < -0.3 is 5.11 Å². The third-order valence-corrected chi connectivity index (χ3v) is 3.80. The van der Waals surface area contributed by atoms with E-state index in [0.29, 0.717) is 6.42 Å². The summed E-state index contributed by atoms with van der Waals surface area (Å²) < 4.78 is 22.7. The number of hydrogen-bond acceptors (Lipinski definition) is 3. The molecule has 0 spiro atoms. The number of rotatable bonds is 4. The maximum atomic E-state index is 11.3. The molecule has 1 N–H and O–H groups in total. The van der Waals surface area contributed by atoms with Crippen molar-refractivity contribution in [2.24, 2.45) is 5.92 Å². The lowest BCUT2D eigenvalue weighted by atomic mass is 9.98. The van der Waals surface area contributed by atoms with Crippen molar-refractivity contribution in [3.8, 4) is 0 Å². The van der Waals surface area contributed by atoms with Gasteiger partial charge in [0.1, 0.15) is 0 Å². The normalized spacial score (nSPS) is 13.4. The summed E-state index contributed by atoms with van der Waals surface area (Å²) in [6, 6.07) is 4.79. The molecule has 1 rings (SSSR count). The Labute approximate surface area is 101 Å². The molecule has 1 aromatic rings. The first kappa shape index (κ1) is 13.7. The molecule has 0 amide bonds. The van der Waals surface area contributed by atoms with Crippen molar-refractivity contribution in [2.45, 2.75) is 25.2 Å². The van der Waals surface area contributed by atoms with E-state index in [4.69, 9.17) is 5.11 Å². The fraction of sp³-hybridized carbons (Fsp3) is 0.417. The monoisotopic (exact) mass is 256 g/mol. The van der Waals surface area contributed by atoms with Gasteiger partial charge in [0.25, 0.3) is 0 Å². The van der Waals surface area contributed by atoms with Crippen molar-refractivity contribution in [1.29, 1.82) is 0 Å². The van der Waals surface area contributed by atoms with Gasteiger partial charge in [-0.25, -0.2) is 8.42 Å². The largest absolute Gasteiger partial charge is 0.481 e. The lowest BCUT2D eigenvalue weighted by Crippen LogP contribution is -2.13. The average molecular weight is 256 g/mol. The summed E-state index contributed by atoms with van der Waals surface area (Å²) in [6.07, 6.45) is 1.56. The Morgan fingerprint density at radius 1 is 1.41 bits per heavy atom. The van der Waals surface area contributed by atoms with E-state index in [1.165, 1.54) is 6.07 Å². The summed E-state index contributed by atoms with van der Waals surface area (Å²) in [5, 5.41) is 8.82. The lowest BCUT2D eigenvalue weighted by Gasteiger charge is -2.10. The molecule has 4 nitrogen and oxygen atoms in total. The van der Waals surface area contributed by atoms with E-state index in [-0.39, 0.29) is 4.90 Å². The van der Waals surface area contributed by atoms with Crippen LogP contribution in [-0.4, -0.2) is 25.7 Å². The average Bonchev–Trinajstić information content (AvgIpc) is 2.19. The number of aryl methyl sites for hydroxylation is 1. The van der Waals surface area contributed by atoms with Crippen LogP contribution in [0.5, 0.6) is 0 Å². The molecule has 0 heterocycles. The van der Waals surface area contributed by atoms with E-state index in [1.807, 2.05) is 0 Å². The van der Waals surface area contributed by atoms with Crippen LogP contribution in [0.3, 0.4) is 0 Å². The van der Waals surface area contributed by atoms with Crippen LogP contribution in [0.2, 0.25) is 0 Å². The van der Waals surface area contributed by atoms with Gasteiger partial charge in [0.05, 0.1) is 10.8 Å². The molecule has 5 heteroatoms. The van der Waals surface area contributed by atoms with Crippen molar-refractivity contribution in [3.05, 3.63) is 29.3 Å². The standard InChI is InChI=1S/C12H16O4S/c1-8-7-11(17(3,15)16)5-4-10(8)6-9(2)12(13)14/h4-5,7,9H,6H2,1-3H3,(H,13,14). The van der Waals surface area contributed by atoms with Crippen molar-refractivity contribution >= 4 is 15.8 Å². The third kappa shape index (κ3) is 3.56. The molecule has 0 aliphatic rings. The van der Waals surface area contributed by atoms with Crippen LogP contribution in [-0.2, 0) is 21.1 Å². The molecule has 94 valence electrons. The van der Waals surface area contributed by atoms with Crippen LogP contribution in [0.1, 0.15) is 18.1 Å². The second-order valence-electron chi connectivity index (χ2n) is 4.30. The lowest BCUT2D eigenvalue weighted by molar-refractivity contribution is -0.141. The van der Waals surface area contributed by atoms with E-state index >= 15 is 0 Å². The highest BCUT2D eigenvalue weighted by atomic mass is 32.2. The molecule has 1 unspecified atom stereocenters. The predicted octanol–water partition coefficient (Wildman–Crippen LogP) is 1.66. The maximum absolute atomic E-state index is 11.3. The molecule has 17 heavy (non-hydrogen) atoms. The molecule has 1 atom stereocenters. The number of aliphatic carboxylic acids is 1. The summed E-state index contributed by atoms with van der Waals surface area (Å²) in [6.45, 7) is 3.42. The quantitative estimate of drug-likeness (QED) is 0.889. The topological polar surface area (TPSA) is 71.4 Å². The molecule has 0 bridgehead atoms. The van der Waals surface area contributed by atoms with E-state index in [0.717, 1.165) is 17.4 Å². The Hall–Kier alpha value is -1.36. The Morgan fingerprint density at radius 2 is 2.00 bits per heavy atom.